The topological polar surface area (TPSA) is 86.1 Å². The number of aryl methyl sites for hydroxylation is 1. The summed E-state index contributed by atoms with van der Waals surface area (Å²) >= 11 is 2.64. The van der Waals surface area contributed by atoms with Gasteiger partial charge in [0.15, 0.2) is 5.16 Å². The maximum Gasteiger partial charge on any atom is 0.341 e. The third kappa shape index (κ3) is 5.15. The molecule has 0 spiro atoms. The number of ether oxygens (including phenoxy) is 1. The van der Waals surface area contributed by atoms with Crippen molar-refractivity contribution in [3.05, 3.63) is 77.4 Å². The lowest BCUT2D eigenvalue weighted by molar-refractivity contribution is -0.113. The Labute approximate surface area is 199 Å². The SMILES string of the molecule is CCOC(=O)c1c(NC(=O)CSc2nncn2-c2ccccc2)sc(C)c1-c1ccccc1. The van der Waals surface area contributed by atoms with E-state index in [1.165, 1.54) is 23.1 Å². The summed E-state index contributed by atoms with van der Waals surface area (Å²) < 4.78 is 7.12. The number of thioether (sulfide) groups is 1. The molecule has 0 aliphatic heterocycles. The van der Waals surface area contributed by atoms with E-state index in [1.54, 1.807) is 13.3 Å². The van der Waals surface area contributed by atoms with Crippen LogP contribution in [-0.2, 0) is 9.53 Å². The van der Waals surface area contributed by atoms with Gasteiger partial charge in [-0.2, -0.15) is 0 Å². The van der Waals surface area contributed by atoms with E-state index in [1.807, 2.05) is 72.2 Å². The van der Waals surface area contributed by atoms with E-state index in [-0.39, 0.29) is 18.3 Å². The number of carbonyl (C=O) groups is 2. The fraction of sp³-hybridized carbons (Fsp3) is 0.167. The molecule has 2 aromatic heterocycles. The van der Waals surface area contributed by atoms with E-state index in [2.05, 4.69) is 15.5 Å². The molecule has 168 valence electrons. The Morgan fingerprint density at radius 1 is 1.09 bits per heavy atom. The zero-order chi connectivity index (χ0) is 23.2. The number of benzene rings is 2. The second kappa shape index (κ2) is 10.5. The van der Waals surface area contributed by atoms with Gasteiger partial charge in [0.2, 0.25) is 5.91 Å². The van der Waals surface area contributed by atoms with Gasteiger partial charge in [-0.15, -0.1) is 21.5 Å². The Kier molecular flexibility index (Phi) is 7.21. The summed E-state index contributed by atoms with van der Waals surface area (Å²) in [5.41, 5.74) is 2.98. The molecule has 0 atom stereocenters. The van der Waals surface area contributed by atoms with Gasteiger partial charge in [0.05, 0.1) is 12.4 Å². The Morgan fingerprint density at radius 3 is 2.48 bits per heavy atom. The minimum Gasteiger partial charge on any atom is -0.462 e. The van der Waals surface area contributed by atoms with Crippen molar-refractivity contribution in [3.63, 3.8) is 0 Å². The predicted molar refractivity (Wildman–Crippen MR) is 131 cm³/mol. The normalized spacial score (nSPS) is 10.7. The van der Waals surface area contributed by atoms with Crippen LogP contribution in [0, 0.1) is 6.92 Å². The summed E-state index contributed by atoms with van der Waals surface area (Å²) in [6, 6.07) is 19.3. The average molecular weight is 479 g/mol. The Balaban J connectivity index is 1.54. The Morgan fingerprint density at radius 2 is 1.79 bits per heavy atom. The fourth-order valence-electron chi connectivity index (χ4n) is 3.36. The molecule has 0 aliphatic rings. The summed E-state index contributed by atoms with van der Waals surface area (Å²) in [6.07, 6.45) is 1.61. The summed E-state index contributed by atoms with van der Waals surface area (Å²) in [7, 11) is 0. The van der Waals surface area contributed by atoms with Gasteiger partial charge < -0.3 is 10.1 Å². The van der Waals surface area contributed by atoms with Crippen LogP contribution in [-0.4, -0.2) is 39.0 Å². The molecule has 4 aromatic rings. The number of esters is 1. The first-order valence-corrected chi connectivity index (χ1v) is 12.1. The molecule has 7 nitrogen and oxygen atoms in total. The highest BCUT2D eigenvalue weighted by Gasteiger charge is 2.25. The highest BCUT2D eigenvalue weighted by Crippen LogP contribution is 2.40. The van der Waals surface area contributed by atoms with E-state index < -0.39 is 5.97 Å². The molecule has 1 amide bonds. The molecule has 9 heteroatoms. The van der Waals surface area contributed by atoms with E-state index >= 15 is 0 Å². The number of rotatable bonds is 8. The van der Waals surface area contributed by atoms with Crippen molar-refractivity contribution >= 4 is 40.0 Å². The van der Waals surface area contributed by atoms with Crippen LogP contribution in [0.5, 0.6) is 0 Å². The molecule has 4 rings (SSSR count). The number of nitrogens with zero attached hydrogens (tertiary/aromatic N) is 3. The lowest BCUT2D eigenvalue weighted by atomic mass is 10.0. The van der Waals surface area contributed by atoms with Gasteiger partial charge in [-0.3, -0.25) is 9.36 Å². The van der Waals surface area contributed by atoms with Gasteiger partial charge in [-0.05, 0) is 31.5 Å². The standard InChI is InChI=1S/C24H22N4O3S2/c1-3-31-23(30)21-20(17-10-6-4-7-11-17)16(2)33-22(21)26-19(29)14-32-24-27-25-15-28(24)18-12-8-5-9-13-18/h4-13,15H,3,14H2,1-2H3,(H,26,29). The molecule has 0 radical (unpaired) electrons. The molecule has 1 N–H and O–H groups in total. The number of nitrogens with one attached hydrogen (secondary N) is 1. The van der Waals surface area contributed by atoms with E-state index in [0.29, 0.717) is 15.7 Å². The number of amides is 1. The molecule has 2 aromatic carbocycles. The van der Waals surface area contributed by atoms with Gasteiger partial charge in [0, 0.05) is 16.1 Å². The van der Waals surface area contributed by atoms with Crippen molar-refractivity contribution < 1.29 is 14.3 Å². The quantitative estimate of drug-likeness (QED) is 0.276. The first kappa shape index (κ1) is 22.8. The van der Waals surface area contributed by atoms with Crippen LogP contribution >= 0.6 is 23.1 Å². The van der Waals surface area contributed by atoms with Crippen LogP contribution in [0.25, 0.3) is 16.8 Å². The van der Waals surface area contributed by atoms with Gasteiger partial charge in [-0.1, -0.05) is 60.3 Å². The smallest absolute Gasteiger partial charge is 0.341 e. The van der Waals surface area contributed by atoms with Crippen LogP contribution in [0.4, 0.5) is 5.00 Å². The molecule has 0 bridgehead atoms. The monoisotopic (exact) mass is 478 g/mol. The molecule has 0 saturated heterocycles. The van der Waals surface area contributed by atoms with Crippen molar-refractivity contribution in [1.29, 1.82) is 0 Å². The summed E-state index contributed by atoms with van der Waals surface area (Å²) in [4.78, 5) is 26.5. The van der Waals surface area contributed by atoms with E-state index in [0.717, 1.165) is 21.7 Å². The van der Waals surface area contributed by atoms with Crippen molar-refractivity contribution in [2.45, 2.75) is 19.0 Å². The lowest BCUT2D eigenvalue weighted by Gasteiger charge is -2.09. The van der Waals surface area contributed by atoms with Crippen LogP contribution < -0.4 is 5.32 Å². The van der Waals surface area contributed by atoms with E-state index in [9.17, 15) is 9.59 Å². The second-order valence-electron chi connectivity index (χ2n) is 6.98. The minimum atomic E-state index is -0.451. The number of carbonyl (C=O) groups excluding carboxylic acids is 2. The molecule has 0 unspecified atom stereocenters. The zero-order valence-corrected chi connectivity index (χ0v) is 19.8. The average Bonchev–Trinajstić information content (AvgIpc) is 3.43. The molecule has 0 aliphatic carbocycles. The van der Waals surface area contributed by atoms with Crippen LogP contribution in [0.15, 0.2) is 72.1 Å². The number of thiophene rings is 1. The Hall–Kier alpha value is -3.43. The van der Waals surface area contributed by atoms with Crippen LogP contribution in [0.3, 0.4) is 0 Å². The number of para-hydroxylation sites is 1. The maximum atomic E-state index is 12.8. The summed E-state index contributed by atoms with van der Waals surface area (Å²) in [5.74, 6) is -0.577. The van der Waals surface area contributed by atoms with Crippen molar-refractivity contribution in [2.75, 3.05) is 17.7 Å². The minimum absolute atomic E-state index is 0.116. The Bertz CT molecular complexity index is 1250. The molecule has 0 saturated carbocycles. The maximum absolute atomic E-state index is 12.8. The summed E-state index contributed by atoms with van der Waals surface area (Å²) in [6.45, 7) is 3.94. The third-order valence-electron chi connectivity index (χ3n) is 4.76. The third-order valence-corrected chi connectivity index (χ3v) is 6.73. The van der Waals surface area contributed by atoms with Gasteiger partial charge in [0.25, 0.3) is 0 Å². The lowest BCUT2D eigenvalue weighted by Crippen LogP contribution is -2.16. The molecular weight excluding hydrogens is 456 g/mol. The second-order valence-corrected chi connectivity index (χ2v) is 9.15. The van der Waals surface area contributed by atoms with Crippen LogP contribution in [0.1, 0.15) is 22.2 Å². The summed E-state index contributed by atoms with van der Waals surface area (Å²) in [5, 5.41) is 12.1. The first-order chi connectivity index (χ1) is 16.1. The highest BCUT2D eigenvalue weighted by atomic mass is 32.2. The molecule has 33 heavy (non-hydrogen) atoms. The van der Waals surface area contributed by atoms with Crippen LogP contribution in [0.2, 0.25) is 0 Å². The number of anilines is 1. The highest BCUT2D eigenvalue weighted by molar-refractivity contribution is 7.99. The largest absolute Gasteiger partial charge is 0.462 e. The van der Waals surface area contributed by atoms with Gasteiger partial charge in [-0.25, -0.2) is 4.79 Å². The predicted octanol–water partition coefficient (Wildman–Crippen LogP) is 5.21. The molecule has 0 fully saturated rings. The zero-order valence-electron chi connectivity index (χ0n) is 18.1. The van der Waals surface area contributed by atoms with E-state index in [4.69, 9.17) is 4.74 Å². The molecular formula is C24H22N4O3S2. The number of hydrogen-bond donors (Lipinski definition) is 1. The van der Waals surface area contributed by atoms with Crippen molar-refractivity contribution in [2.24, 2.45) is 0 Å². The van der Waals surface area contributed by atoms with Crippen molar-refractivity contribution in [1.82, 2.24) is 14.8 Å². The number of hydrogen-bond acceptors (Lipinski definition) is 7. The van der Waals surface area contributed by atoms with Gasteiger partial charge >= 0.3 is 5.97 Å². The fourth-order valence-corrected chi connectivity index (χ4v) is 5.17. The molecule has 2 heterocycles. The van der Waals surface area contributed by atoms with Gasteiger partial charge in [0.1, 0.15) is 16.9 Å². The number of aromatic nitrogens is 3. The van der Waals surface area contributed by atoms with Crippen molar-refractivity contribution in [3.8, 4) is 16.8 Å². The first-order valence-electron chi connectivity index (χ1n) is 10.3.